The topological polar surface area (TPSA) is 118 Å². The third-order valence-corrected chi connectivity index (χ3v) is 7.19. The van der Waals surface area contributed by atoms with Crippen LogP contribution in [0.3, 0.4) is 0 Å². The third kappa shape index (κ3) is 4.22. The van der Waals surface area contributed by atoms with Crippen molar-refractivity contribution in [3.8, 4) is 11.1 Å². The molecule has 2 N–H and O–H groups in total. The molecular weight excluding hydrogens is 436 g/mol. The van der Waals surface area contributed by atoms with Crippen molar-refractivity contribution in [3.05, 3.63) is 87.7 Å². The van der Waals surface area contributed by atoms with Gasteiger partial charge in [-0.3, -0.25) is 14.1 Å². The summed E-state index contributed by atoms with van der Waals surface area (Å²) in [5.74, 6) is 0.638. The molecular formula is C21H20N4O4S2. The largest absolute Gasteiger partial charge is 0.344 e. The van der Waals surface area contributed by atoms with E-state index in [1.165, 1.54) is 0 Å². The summed E-state index contributed by atoms with van der Waals surface area (Å²) >= 11 is 0.960. The molecule has 1 atom stereocenters. The van der Waals surface area contributed by atoms with Crippen molar-refractivity contribution in [1.29, 1.82) is 0 Å². The van der Waals surface area contributed by atoms with Crippen LogP contribution >= 0.6 is 11.3 Å². The molecule has 0 aliphatic rings. The highest BCUT2D eigenvalue weighted by Gasteiger charge is 2.24. The van der Waals surface area contributed by atoms with Gasteiger partial charge in [-0.25, -0.2) is 9.89 Å². The summed E-state index contributed by atoms with van der Waals surface area (Å²) in [5, 5.41) is 8.33. The summed E-state index contributed by atoms with van der Waals surface area (Å²) in [5.41, 5.74) is 2.23. The predicted octanol–water partition coefficient (Wildman–Crippen LogP) is 3.53. The molecule has 0 saturated carbocycles. The van der Waals surface area contributed by atoms with Crippen molar-refractivity contribution in [3.63, 3.8) is 0 Å². The lowest BCUT2D eigenvalue weighted by atomic mass is 9.99. The molecule has 4 aromatic rings. The maximum Gasteiger partial charge on any atom is 0.344 e. The van der Waals surface area contributed by atoms with Gasteiger partial charge < -0.3 is 0 Å². The monoisotopic (exact) mass is 456 g/mol. The first-order valence-corrected chi connectivity index (χ1v) is 11.9. The zero-order chi connectivity index (χ0) is 22.0. The first-order valence-electron chi connectivity index (χ1n) is 9.62. The van der Waals surface area contributed by atoms with Crippen LogP contribution in [0.2, 0.25) is 0 Å². The van der Waals surface area contributed by atoms with Gasteiger partial charge in [-0.2, -0.15) is 13.5 Å². The highest BCUT2D eigenvalue weighted by atomic mass is 32.3. The van der Waals surface area contributed by atoms with Crippen LogP contribution in [0, 0.1) is 0 Å². The first kappa shape index (κ1) is 21.2. The third-order valence-electron chi connectivity index (χ3n) is 4.88. The SMILES string of the molecule is CCCc1n[nH]c(=O)n1C(c1ccc(-c2ccsc2S(=O)(=O)O)cc1)c1ccccn1. The van der Waals surface area contributed by atoms with Gasteiger partial charge in [-0.15, -0.1) is 11.3 Å². The minimum atomic E-state index is -4.31. The van der Waals surface area contributed by atoms with Crippen LogP contribution in [0.5, 0.6) is 0 Å². The van der Waals surface area contributed by atoms with E-state index in [1.54, 1.807) is 34.3 Å². The van der Waals surface area contributed by atoms with E-state index >= 15 is 0 Å². The molecule has 0 aliphatic heterocycles. The molecule has 160 valence electrons. The van der Waals surface area contributed by atoms with Crippen molar-refractivity contribution < 1.29 is 13.0 Å². The van der Waals surface area contributed by atoms with E-state index in [-0.39, 0.29) is 9.90 Å². The molecule has 0 spiro atoms. The Kier molecular flexibility index (Phi) is 5.86. The quantitative estimate of drug-likeness (QED) is 0.411. The van der Waals surface area contributed by atoms with Crippen LogP contribution in [0.1, 0.15) is 36.5 Å². The predicted molar refractivity (Wildman–Crippen MR) is 118 cm³/mol. The Balaban J connectivity index is 1.82. The Labute approximate surface area is 183 Å². The van der Waals surface area contributed by atoms with E-state index in [0.29, 0.717) is 29.1 Å². The number of hydrogen-bond acceptors (Lipinski definition) is 6. The van der Waals surface area contributed by atoms with E-state index in [1.807, 2.05) is 37.3 Å². The molecule has 0 aliphatic carbocycles. The number of hydrogen-bond donors (Lipinski definition) is 2. The van der Waals surface area contributed by atoms with E-state index in [9.17, 15) is 17.8 Å². The van der Waals surface area contributed by atoms with E-state index in [4.69, 9.17) is 0 Å². The second kappa shape index (κ2) is 8.58. The van der Waals surface area contributed by atoms with Gasteiger partial charge in [0.05, 0.1) is 5.69 Å². The highest BCUT2D eigenvalue weighted by Crippen LogP contribution is 2.33. The van der Waals surface area contributed by atoms with Crippen LogP contribution in [-0.2, 0) is 16.5 Å². The number of benzene rings is 1. The molecule has 3 heterocycles. The molecule has 10 heteroatoms. The number of H-pyrrole nitrogens is 1. The molecule has 31 heavy (non-hydrogen) atoms. The standard InChI is InChI=1S/C21H20N4O4S2/c1-2-5-18-23-24-21(26)25(18)19(17-6-3-4-12-22-17)15-9-7-14(8-10-15)16-11-13-30-20(16)31(27,28)29/h3-4,6-13,19H,2,5H2,1H3,(H,24,26)(H,27,28,29). The maximum atomic E-state index is 12.6. The van der Waals surface area contributed by atoms with Crippen LogP contribution in [-0.4, -0.2) is 32.7 Å². The number of aromatic amines is 1. The average Bonchev–Trinajstić information content (AvgIpc) is 3.38. The van der Waals surface area contributed by atoms with Gasteiger partial charge >= 0.3 is 15.8 Å². The fraction of sp³-hybridized carbons (Fsp3) is 0.190. The summed E-state index contributed by atoms with van der Waals surface area (Å²) in [6.07, 6.45) is 3.13. The number of rotatable bonds is 7. The molecule has 3 aromatic heterocycles. The lowest BCUT2D eigenvalue weighted by molar-refractivity contribution is 0.486. The molecule has 0 fully saturated rings. The number of nitrogens with one attached hydrogen (secondary N) is 1. The summed E-state index contributed by atoms with van der Waals surface area (Å²) in [6.45, 7) is 2.02. The fourth-order valence-corrected chi connectivity index (χ4v) is 5.30. The van der Waals surface area contributed by atoms with Gasteiger partial charge in [0.25, 0.3) is 0 Å². The van der Waals surface area contributed by atoms with E-state index in [2.05, 4.69) is 15.2 Å². The molecule has 0 bridgehead atoms. The Hall–Kier alpha value is -3.08. The number of aromatic nitrogens is 4. The Morgan fingerprint density at radius 1 is 1.16 bits per heavy atom. The maximum absolute atomic E-state index is 12.6. The summed E-state index contributed by atoms with van der Waals surface area (Å²) in [7, 11) is -4.31. The number of nitrogens with zero attached hydrogens (tertiary/aromatic N) is 3. The van der Waals surface area contributed by atoms with Crippen LogP contribution in [0.4, 0.5) is 0 Å². The lowest BCUT2D eigenvalue weighted by Gasteiger charge is -2.20. The zero-order valence-electron chi connectivity index (χ0n) is 16.6. The summed E-state index contributed by atoms with van der Waals surface area (Å²) in [6, 6.07) is 13.9. The Bertz CT molecular complexity index is 1340. The highest BCUT2D eigenvalue weighted by molar-refractivity contribution is 7.88. The normalized spacial score (nSPS) is 12.7. The van der Waals surface area contributed by atoms with Gasteiger partial charge in [0.1, 0.15) is 11.9 Å². The second-order valence-corrected chi connectivity index (χ2v) is 9.47. The van der Waals surface area contributed by atoms with Crippen molar-refractivity contribution in [2.45, 2.75) is 30.0 Å². The van der Waals surface area contributed by atoms with Crippen LogP contribution in [0.25, 0.3) is 11.1 Å². The first-order chi connectivity index (χ1) is 14.9. The summed E-state index contributed by atoms with van der Waals surface area (Å²) in [4.78, 5) is 17.1. The molecule has 1 aromatic carbocycles. The fourth-order valence-electron chi connectivity index (χ4n) is 3.55. The number of thiophene rings is 1. The van der Waals surface area contributed by atoms with Crippen molar-refractivity contribution in [2.24, 2.45) is 0 Å². The molecule has 4 rings (SSSR count). The van der Waals surface area contributed by atoms with Crippen LogP contribution < -0.4 is 5.69 Å². The van der Waals surface area contributed by atoms with Crippen molar-refractivity contribution in [1.82, 2.24) is 19.7 Å². The van der Waals surface area contributed by atoms with Gasteiger partial charge in [-0.1, -0.05) is 37.3 Å². The summed E-state index contributed by atoms with van der Waals surface area (Å²) < 4.78 is 34.3. The molecule has 0 amide bonds. The zero-order valence-corrected chi connectivity index (χ0v) is 18.2. The van der Waals surface area contributed by atoms with E-state index in [0.717, 1.165) is 23.3 Å². The Morgan fingerprint density at radius 2 is 1.94 bits per heavy atom. The van der Waals surface area contributed by atoms with Gasteiger partial charge in [0.15, 0.2) is 4.21 Å². The van der Waals surface area contributed by atoms with Gasteiger partial charge in [-0.05, 0) is 41.1 Å². The van der Waals surface area contributed by atoms with Gasteiger partial charge in [0.2, 0.25) is 0 Å². The smallest absolute Gasteiger partial charge is 0.281 e. The molecule has 0 radical (unpaired) electrons. The van der Waals surface area contributed by atoms with Crippen molar-refractivity contribution >= 4 is 21.5 Å². The minimum Gasteiger partial charge on any atom is -0.281 e. The Morgan fingerprint density at radius 3 is 2.58 bits per heavy atom. The second-order valence-electron chi connectivity index (χ2n) is 6.94. The van der Waals surface area contributed by atoms with E-state index < -0.39 is 16.2 Å². The molecule has 8 nitrogen and oxygen atoms in total. The minimum absolute atomic E-state index is 0.0992. The van der Waals surface area contributed by atoms with Gasteiger partial charge in [0, 0.05) is 18.2 Å². The lowest BCUT2D eigenvalue weighted by Crippen LogP contribution is -2.26. The number of pyridine rings is 1. The van der Waals surface area contributed by atoms with Crippen molar-refractivity contribution in [2.75, 3.05) is 0 Å². The number of aryl methyl sites for hydroxylation is 1. The van der Waals surface area contributed by atoms with Crippen LogP contribution in [0.15, 0.2) is 69.1 Å². The average molecular weight is 457 g/mol. The molecule has 1 unspecified atom stereocenters. The molecule has 0 saturated heterocycles.